The summed E-state index contributed by atoms with van der Waals surface area (Å²) in [4.78, 5) is 23.9. The van der Waals surface area contributed by atoms with Crippen molar-refractivity contribution < 1.29 is 14.3 Å². The predicted octanol–water partition coefficient (Wildman–Crippen LogP) is 3.91. The number of nitrogens with zero attached hydrogens (tertiary/aromatic N) is 1. The molecule has 0 heterocycles. The van der Waals surface area contributed by atoms with Gasteiger partial charge in [0.2, 0.25) is 0 Å². The number of carbonyl (C=O) groups excluding carboxylic acids is 2. The number of hydrogen-bond donors (Lipinski definition) is 2. The molecular formula is C21H20IN3O3. The van der Waals surface area contributed by atoms with Crippen LogP contribution < -0.4 is 10.6 Å². The van der Waals surface area contributed by atoms with Crippen LogP contribution in [0.25, 0.3) is 0 Å². The first-order valence-corrected chi connectivity index (χ1v) is 9.69. The molecule has 7 heteroatoms. The molecule has 144 valence electrons. The molecule has 6 nitrogen and oxygen atoms in total. The number of anilines is 1. The maximum Gasteiger partial charge on any atom is 0.338 e. The first-order valence-electron chi connectivity index (χ1n) is 8.61. The van der Waals surface area contributed by atoms with Gasteiger partial charge in [-0.05, 0) is 77.9 Å². The number of amides is 1. The largest absolute Gasteiger partial charge is 0.462 e. The van der Waals surface area contributed by atoms with Crippen molar-refractivity contribution in [2.24, 2.45) is 0 Å². The second kappa shape index (κ2) is 10.5. The minimum absolute atomic E-state index is 0.0268. The molecule has 1 amide bonds. The molecule has 0 aliphatic carbocycles. The normalized spacial score (nSPS) is 10.7. The fraction of sp³-hybridized carbons (Fsp3) is 0.190. The van der Waals surface area contributed by atoms with Crippen LogP contribution in [0.3, 0.4) is 0 Å². The van der Waals surface area contributed by atoms with Gasteiger partial charge in [-0.2, -0.15) is 5.26 Å². The van der Waals surface area contributed by atoms with Crippen molar-refractivity contribution in [3.8, 4) is 6.07 Å². The first kappa shape index (κ1) is 21.4. The number of carbonyl (C=O) groups is 2. The summed E-state index contributed by atoms with van der Waals surface area (Å²) in [6.07, 6.45) is 1.39. The van der Waals surface area contributed by atoms with Gasteiger partial charge in [-0.3, -0.25) is 4.79 Å². The smallest absolute Gasteiger partial charge is 0.338 e. The molecule has 0 saturated carbocycles. The van der Waals surface area contributed by atoms with E-state index in [0.29, 0.717) is 24.4 Å². The lowest BCUT2D eigenvalue weighted by Crippen LogP contribution is -2.17. The summed E-state index contributed by atoms with van der Waals surface area (Å²) in [5, 5.41) is 15.0. The van der Waals surface area contributed by atoms with E-state index in [-0.39, 0.29) is 11.5 Å². The molecule has 0 radical (unpaired) electrons. The van der Waals surface area contributed by atoms with Crippen LogP contribution in [0.4, 0.5) is 5.69 Å². The summed E-state index contributed by atoms with van der Waals surface area (Å²) in [5.41, 5.74) is 2.94. The van der Waals surface area contributed by atoms with Gasteiger partial charge in [-0.25, -0.2) is 4.79 Å². The molecule has 0 aliphatic heterocycles. The zero-order valence-electron chi connectivity index (χ0n) is 15.6. The number of benzene rings is 2. The number of hydrogen-bond acceptors (Lipinski definition) is 5. The molecule has 2 N–H and O–H groups in total. The zero-order chi connectivity index (χ0) is 20.5. The summed E-state index contributed by atoms with van der Waals surface area (Å²) in [5.74, 6) is -0.840. The molecule has 0 aromatic heterocycles. The van der Waals surface area contributed by atoms with Gasteiger partial charge in [0.15, 0.2) is 0 Å². The molecule has 0 fully saturated rings. The van der Waals surface area contributed by atoms with Crippen LogP contribution in [0, 0.1) is 21.8 Å². The quantitative estimate of drug-likeness (QED) is 0.267. The van der Waals surface area contributed by atoms with Gasteiger partial charge >= 0.3 is 5.97 Å². The van der Waals surface area contributed by atoms with Crippen LogP contribution in [-0.4, -0.2) is 18.5 Å². The van der Waals surface area contributed by atoms with Gasteiger partial charge in [0, 0.05) is 22.0 Å². The maximum atomic E-state index is 12.3. The molecule has 0 saturated heterocycles. The van der Waals surface area contributed by atoms with Gasteiger partial charge in [0.25, 0.3) is 5.91 Å². The van der Waals surface area contributed by atoms with Crippen molar-refractivity contribution in [3.63, 3.8) is 0 Å². The van der Waals surface area contributed by atoms with Gasteiger partial charge in [0.05, 0.1) is 12.2 Å². The summed E-state index contributed by atoms with van der Waals surface area (Å²) in [6.45, 7) is 4.38. The van der Waals surface area contributed by atoms with E-state index in [2.05, 4.69) is 33.2 Å². The number of nitrogens with one attached hydrogen (secondary N) is 2. The molecule has 0 spiro atoms. The summed E-state index contributed by atoms with van der Waals surface area (Å²) < 4.78 is 6.01. The molecule has 0 bridgehead atoms. The average Bonchev–Trinajstić information content (AvgIpc) is 2.68. The zero-order valence-corrected chi connectivity index (χ0v) is 17.7. The third kappa shape index (κ3) is 6.09. The van der Waals surface area contributed by atoms with Crippen molar-refractivity contribution in [2.75, 3.05) is 11.9 Å². The van der Waals surface area contributed by atoms with Crippen LogP contribution in [0.2, 0.25) is 0 Å². The molecule has 2 aromatic carbocycles. The highest BCUT2D eigenvalue weighted by Crippen LogP contribution is 2.18. The second-order valence-corrected chi connectivity index (χ2v) is 7.13. The van der Waals surface area contributed by atoms with Crippen molar-refractivity contribution in [1.29, 1.82) is 5.26 Å². The SMILES string of the molecule is CCOC(=O)c1ccc(CN/C=C(/C#N)C(=O)Nc2ccc(I)cc2C)cc1. The maximum absolute atomic E-state index is 12.3. The van der Waals surface area contributed by atoms with E-state index >= 15 is 0 Å². The number of ether oxygens (including phenoxy) is 1. The number of aryl methyl sites for hydroxylation is 1. The summed E-state index contributed by atoms with van der Waals surface area (Å²) >= 11 is 2.20. The molecule has 2 aromatic rings. The Hall–Kier alpha value is -2.86. The Labute approximate surface area is 177 Å². The highest BCUT2D eigenvalue weighted by atomic mass is 127. The van der Waals surface area contributed by atoms with E-state index in [0.717, 1.165) is 14.7 Å². The van der Waals surface area contributed by atoms with Crippen molar-refractivity contribution in [2.45, 2.75) is 20.4 Å². The Morgan fingerprint density at radius 2 is 1.93 bits per heavy atom. The lowest BCUT2D eigenvalue weighted by molar-refractivity contribution is -0.112. The molecule has 2 rings (SSSR count). The minimum Gasteiger partial charge on any atom is -0.462 e. The highest BCUT2D eigenvalue weighted by molar-refractivity contribution is 14.1. The Balaban J connectivity index is 1.96. The van der Waals surface area contributed by atoms with Crippen LogP contribution in [0.5, 0.6) is 0 Å². The average molecular weight is 489 g/mol. The second-order valence-electron chi connectivity index (χ2n) is 5.88. The van der Waals surface area contributed by atoms with Crippen LogP contribution >= 0.6 is 22.6 Å². The molecule has 0 aliphatic rings. The van der Waals surface area contributed by atoms with Gasteiger partial charge in [-0.1, -0.05) is 12.1 Å². The van der Waals surface area contributed by atoms with E-state index in [1.807, 2.05) is 31.2 Å². The monoisotopic (exact) mass is 489 g/mol. The van der Waals surface area contributed by atoms with Gasteiger partial charge < -0.3 is 15.4 Å². The van der Waals surface area contributed by atoms with E-state index in [1.165, 1.54) is 6.20 Å². The Morgan fingerprint density at radius 3 is 2.54 bits per heavy atom. The minimum atomic E-state index is -0.475. The van der Waals surface area contributed by atoms with E-state index < -0.39 is 5.91 Å². The highest BCUT2D eigenvalue weighted by Gasteiger charge is 2.11. The molecular weight excluding hydrogens is 469 g/mol. The van der Waals surface area contributed by atoms with Crippen molar-refractivity contribution in [1.82, 2.24) is 5.32 Å². The van der Waals surface area contributed by atoms with Gasteiger partial charge in [-0.15, -0.1) is 0 Å². The predicted molar refractivity (Wildman–Crippen MR) is 115 cm³/mol. The van der Waals surface area contributed by atoms with Crippen LogP contribution in [0.1, 0.15) is 28.4 Å². The number of halogens is 1. The van der Waals surface area contributed by atoms with Crippen LogP contribution in [-0.2, 0) is 16.1 Å². The summed E-state index contributed by atoms with van der Waals surface area (Å²) in [6, 6.07) is 14.5. The Kier molecular flexibility index (Phi) is 8.02. The van der Waals surface area contributed by atoms with E-state index in [4.69, 9.17) is 4.74 Å². The standard InChI is InChI=1S/C21H20IN3O3/c1-3-28-21(27)16-6-4-15(5-7-16)12-24-13-17(11-23)20(26)25-19-9-8-18(22)10-14(19)2/h4-10,13,24H,3,12H2,1-2H3,(H,25,26)/b17-13-. The number of nitriles is 1. The molecule has 0 unspecified atom stereocenters. The van der Waals surface area contributed by atoms with E-state index in [9.17, 15) is 14.9 Å². The lowest BCUT2D eigenvalue weighted by Gasteiger charge is -2.08. The molecule has 0 atom stereocenters. The van der Waals surface area contributed by atoms with E-state index in [1.54, 1.807) is 31.2 Å². The summed E-state index contributed by atoms with van der Waals surface area (Å²) in [7, 11) is 0. The number of esters is 1. The Bertz CT molecular complexity index is 931. The fourth-order valence-corrected chi connectivity index (χ4v) is 3.00. The first-order chi connectivity index (χ1) is 13.4. The third-order valence-corrected chi connectivity index (χ3v) is 4.49. The fourth-order valence-electron chi connectivity index (χ4n) is 2.35. The van der Waals surface area contributed by atoms with Gasteiger partial charge in [0.1, 0.15) is 11.6 Å². The third-order valence-electron chi connectivity index (χ3n) is 3.82. The number of rotatable bonds is 7. The topological polar surface area (TPSA) is 91.2 Å². The van der Waals surface area contributed by atoms with Crippen LogP contribution in [0.15, 0.2) is 54.2 Å². The van der Waals surface area contributed by atoms with Crippen molar-refractivity contribution in [3.05, 3.63) is 74.5 Å². The Morgan fingerprint density at radius 1 is 1.21 bits per heavy atom. The molecule has 28 heavy (non-hydrogen) atoms. The lowest BCUT2D eigenvalue weighted by atomic mass is 10.1. The van der Waals surface area contributed by atoms with Crippen molar-refractivity contribution >= 4 is 40.2 Å².